The molecule has 0 fully saturated rings. The van der Waals surface area contributed by atoms with Crippen LogP contribution in [0.15, 0.2) is 34.9 Å². The van der Waals surface area contributed by atoms with E-state index in [1.54, 1.807) is 6.20 Å². The molecule has 1 atom stereocenters. The Balaban J connectivity index is 2.10. The highest BCUT2D eigenvalue weighted by molar-refractivity contribution is 5.44. The first-order valence-electron chi connectivity index (χ1n) is 5.40. The number of anilines is 1. The van der Waals surface area contributed by atoms with Crippen molar-refractivity contribution in [2.75, 3.05) is 5.32 Å². The van der Waals surface area contributed by atoms with E-state index in [9.17, 15) is 0 Å². The molecule has 0 aliphatic carbocycles. The van der Waals surface area contributed by atoms with Gasteiger partial charge < -0.3 is 9.73 Å². The molecule has 1 N–H and O–H groups in total. The third-order valence-corrected chi connectivity index (χ3v) is 2.47. The van der Waals surface area contributed by atoms with Crippen molar-refractivity contribution in [3.8, 4) is 0 Å². The summed E-state index contributed by atoms with van der Waals surface area (Å²) in [6.07, 6.45) is 1.80. The first-order chi connectivity index (χ1) is 7.65. The Morgan fingerprint density at radius 2 is 2.06 bits per heavy atom. The van der Waals surface area contributed by atoms with Gasteiger partial charge in [0.15, 0.2) is 0 Å². The number of aryl methyl sites for hydroxylation is 2. The molecule has 16 heavy (non-hydrogen) atoms. The van der Waals surface area contributed by atoms with Gasteiger partial charge in [0.25, 0.3) is 0 Å². The Bertz CT molecular complexity index is 476. The highest BCUT2D eigenvalue weighted by Crippen LogP contribution is 2.20. The summed E-state index contributed by atoms with van der Waals surface area (Å²) in [7, 11) is 0. The van der Waals surface area contributed by atoms with Crippen LogP contribution in [0.3, 0.4) is 0 Å². The standard InChI is InChI=1S/C13H16N2O/c1-9-8-12(6-7-14-9)15-11(3)13-5-4-10(2)16-13/h4-8,11H,1-3H3,(H,14,15). The second-order valence-electron chi connectivity index (χ2n) is 4.00. The molecule has 2 aromatic rings. The molecule has 2 rings (SSSR count). The van der Waals surface area contributed by atoms with Gasteiger partial charge in [-0.1, -0.05) is 0 Å². The number of pyridine rings is 1. The summed E-state index contributed by atoms with van der Waals surface area (Å²) in [4.78, 5) is 4.16. The van der Waals surface area contributed by atoms with Crippen LogP contribution in [-0.2, 0) is 0 Å². The van der Waals surface area contributed by atoms with Crippen molar-refractivity contribution in [3.63, 3.8) is 0 Å². The van der Waals surface area contributed by atoms with E-state index in [1.165, 1.54) is 0 Å². The predicted octanol–water partition coefficient (Wildman–Crippen LogP) is 3.46. The summed E-state index contributed by atoms with van der Waals surface area (Å²) in [6.45, 7) is 6.01. The van der Waals surface area contributed by atoms with Crippen molar-refractivity contribution in [1.29, 1.82) is 0 Å². The zero-order valence-electron chi connectivity index (χ0n) is 9.82. The third kappa shape index (κ3) is 2.42. The minimum atomic E-state index is 0.162. The molecule has 3 nitrogen and oxygen atoms in total. The maximum Gasteiger partial charge on any atom is 0.126 e. The van der Waals surface area contributed by atoms with Crippen LogP contribution in [0.4, 0.5) is 5.69 Å². The number of aromatic nitrogens is 1. The Hall–Kier alpha value is -1.77. The maximum absolute atomic E-state index is 5.57. The molecule has 0 spiro atoms. The van der Waals surface area contributed by atoms with Crippen LogP contribution in [0.5, 0.6) is 0 Å². The summed E-state index contributed by atoms with van der Waals surface area (Å²) >= 11 is 0. The normalized spacial score (nSPS) is 12.4. The molecule has 0 saturated heterocycles. The average Bonchev–Trinajstić information content (AvgIpc) is 2.65. The van der Waals surface area contributed by atoms with Crippen molar-refractivity contribution in [2.24, 2.45) is 0 Å². The number of hydrogen-bond donors (Lipinski definition) is 1. The fourth-order valence-electron chi connectivity index (χ4n) is 1.64. The van der Waals surface area contributed by atoms with Crippen molar-refractivity contribution < 1.29 is 4.42 Å². The molecule has 0 amide bonds. The lowest BCUT2D eigenvalue weighted by Crippen LogP contribution is -2.05. The van der Waals surface area contributed by atoms with Crippen LogP contribution in [0, 0.1) is 13.8 Å². The van der Waals surface area contributed by atoms with Gasteiger partial charge in [0.1, 0.15) is 11.5 Å². The summed E-state index contributed by atoms with van der Waals surface area (Å²) in [5.41, 5.74) is 2.07. The number of furan rings is 1. The molecule has 2 aromatic heterocycles. The van der Waals surface area contributed by atoms with E-state index in [0.29, 0.717) is 0 Å². The summed E-state index contributed by atoms with van der Waals surface area (Å²) < 4.78 is 5.57. The van der Waals surface area contributed by atoms with Gasteiger partial charge in [-0.05, 0) is 45.0 Å². The Morgan fingerprint density at radius 3 is 2.69 bits per heavy atom. The van der Waals surface area contributed by atoms with Gasteiger partial charge in [-0.15, -0.1) is 0 Å². The molecule has 3 heteroatoms. The predicted molar refractivity (Wildman–Crippen MR) is 64.5 cm³/mol. The number of hydrogen-bond acceptors (Lipinski definition) is 3. The second-order valence-corrected chi connectivity index (χ2v) is 4.00. The number of rotatable bonds is 3. The molecule has 0 aliphatic heterocycles. The van der Waals surface area contributed by atoms with E-state index >= 15 is 0 Å². The van der Waals surface area contributed by atoms with E-state index in [0.717, 1.165) is 22.9 Å². The summed E-state index contributed by atoms with van der Waals surface area (Å²) in [5, 5.41) is 3.38. The largest absolute Gasteiger partial charge is 0.464 e. The Morgan fingerprint density at radius 1 is 1.25 bits per heavy atom. The first-order valence-corrected chi connectivity index (χ1v) is 5.40. The molecule has 84 valence electrons. The molecule has 0 aliphatic rings. The minimum absolute atomic E-state index is 0.162. The first kappa shape index (κ1) is 10.7. The molecular formula is C13H16N2O. The Kier molecular flexibility index (Phi) is 2.95. The van der Waals surface area contributed by atoms with Crippen molar-refractivity contribution in [1.82, 2.24) is 4.98 Å². The molecular weight excluding hydrogens is 200 g/mol. The smallest absolute Gasteiger partial charge is 0.126 e. The lowest BCUT2D eigenvalue weighted by atomic mass is 10.2. The lowest BCUT2D eigenvalue weighted by molar-refractivity contribution is 0.467. The van der Waals surface area contributed by atoms with Crippen molar-refractivity contribution in [2.45, 2.75) is 26.8 Å². The van der Waals surface area contributed by atoms with Crippen molar-refractivity contribution >= 4 is 5.69 Å². The van der Waals surface area contributed by atoms with Gasteiger partial charge in [-0.3, -0.25) is 4.98 Å². The van der Waals surface area contributed by atoms with Crippen LogP contribution in [0.2, 0.25) is 0 Å². The third-order valence-electron chi connectivity index (χ3n) is 2.47. The number of nitrogens with zero attached hydrogens (tertiary/aromatic N) is 1. The zero-order chi connectivity index (χ0) is 11.5. The summed E-state index contributed by atoms with van der Waals surface area (Å²) in [6, 6.07) is 8.12. The van der Waals surface area contributed by atoms with E-state index < -0.39 is 0 Å². The van der Waals surface area contributed by atoms with Gasteiger partial charge in [0, 0.05) is 17.6 Å². The van der Waals surface area contributed by atoms with Gasteiger partial charge in [0.05, 0.1) is 6.04 Å². The highest BCUT2D eigenvalue weighted by Gasteiger charge is 2.08. The van der Waals surface area contributed by atoms with Crippen LogP contribution >= 0.6 is 0 Å². The SMILES string of the molecule is Cc1cc(NC(C)c2ccc(C)o2)ccn1. The maximum atomic E-state index is 5.57. The fourth-order valence-corrected chi connectivity index (χ4v) is 1.64. The van der Waals surface area contributed by atoms with Crippen molar-refractivity contribution in [3.05, 3.63) is 47.7 Å². The quantitative estimate of drug-likeness (QED) is 0.853. The number of nitrogens with one attached hydrogen (secondary N) is 1. The zero-order valence-corrected chi connectivity index (χ0v) is 9.82. The second kappa shape index (κ2) is 4.39. The monoisotopic (exact) mass is 216 g/mol. The minimum Gasteiger partial charge on any atom is -0.464 e. The van der Waals surface area contributed by atoms with Crippen LogP contribution < -0.4 is 5.32 Å². The molecule has 0 saturated carbocycles. The van der Waals surface area contributed by atoms with Crippen LogP contribution in [0.1, 0.15) is 30.2 Å². The molecule has 0 radical (unpaired) electrons. The van der Waals surface area contributed by atoms with Gasteiger partial charge in [0.2, 0.25) is 0 Å². The van der Waals surface area contributed by atoms with Gasteiger partial charge >= 0.3 is 0 Å². The fraction of sp³-hybridized carbons (Fsp3) is 0.308. The van der Waals surface area contributed by atoms with E-state index in [-0.39, 0.29) is 6.04 Å². The van der Waals surface area contributed by atoms with Crippen LogP contribution in [0.25, 0.3) is 0 Å². The average molecular weight is 216 g/mol. The van der Waals surface area contributed by atoms with Gasteiger partial charge in [-0.25, -0.2) is 0 Å². The van der Waals surface area contributed by atoms with E-state index in [4.69, 9.17) is 4.42 Å². The molecule has 0 bridgehead atoms. The Labute approximate surface area is 95.5 Å². The summed E-state index contributed by atoms with van der Waals surface area (Å²) in [5.74, 6) is 1.89. The lowest BCUT2D eigenvalue weighted by Gasteiger charge is -2.12. The van der Waals surface area contributed by atoms with Crippen LogP contribution in [-0.4, -0.2) is 4.98 Å². The topological polar surface area (TPSA) is 38.1 Å². The molecule has 0 aromatic carbocycles. The van der Waals surface area contributed by atoms with Gasteiger partial charge in [-0.2, -0.15) is 0 Å². The van der Waals surface area contributed by atoms with E-state index in [2.05, 4.69) is 17.2 Å². The highest BCUT2D eigenvalue weighted by atomic mass is 16.3. The molecule has 1 unspecified atom stereocenters. The van der Waals surface area contributed by atoms with E-state index in [1.807, 2.05) is 38.1 Å². The molecule has 2 heterocycles.